The number of amides is 2. The molecular weight excluding hydrogens is 426 g/mol. The molecule has 7 nitrogen and oxygen atoms in total. The normalized spacial score (nSPS) is 25.1. The summed E-state index contributed by atoms with van der Waals surface area (Å²) >= 11 is 0. The highest BCUT2D eigenvalue weighted by Gasteiger charge is 2.59. The average Bonchev–Trinajstić information content (AvgIpc) is 3.21. The van der Waals surface area contributed by atoms with E-state index < -0.39 is 49.5 Å². The van der Waals surface area contributed by atoms with Gasteiger partial charge in [-0.2, -0.15) is 0 Å². The van der Waals surface area contributed by atoms with Crippen molar-refractivity contribution in [2.45, 2.75) is 83.4 Å². The van der Waals surface area contributed by atoms with E-state index in [9.17, 15) is 9.59 Å². The fraction of sp³-hybridized carbons (Fsp3) is 0.583. The van der Waals surface area contributed by atoms with Crippen LogP contribution in [-0.4, -0.2) is 55.4 Å². The van der Waals surface area contributed by atoms with Crippen molar-refractivity contribution in [2.24, 2.45) is 0 Å². The summed E-state index contributed by atoms with van der Waals surface area (Å²) in [7, 11) is -2.25. The minimum absolute atomic E-state index is 0.257. The van der Waals surface area contributed by atoms with Crippen molar-refractivity contribution in [3.63, 3.8) is 0 Å². The highest BCUT2D eigenvalue weighted by molar-refractivity contribution is 6.69. The first-order valence-electron chi connectivity index (χ1n) is 11.0. The van der Waals surface area contributed by atoms with Crippen molar-refractivity contribution in [1.29, 1.82) is 0 Å². The molecule has 8 heteroatoms. The Morgan fingerprint density at radius 3 is 2.28 bits per heavy atom. The lowest BCUT2D eigenvalue weighted by atomic mass is 9.81. The molecule has 1 saturated heterocycles. The van der Waals surface area contributed by atoms with Gasteiger partial charge in [0, 0.05) is 6.08 Å². The molecule has 0 unspecified atom stereocenters. The number of nitrogens with zero attached hydrogens (tertiary/aromatic N) is 1. The van der Waals surface area contributed by atoms with Crippen LogP contribution in [-0.2, 0) is 29.0 Å². The second-order valence-corrected chi connectivity index (χ2v) is 15.1. The largest absolute Gasteiger partial charge is 0.443 e. The molecule has 0 bridgehead atoms. The minimum atomic E-state index is -2.25. The fourth-order valence-corrected chi connectivity index (χ4v) is 5.55. The second-order valence-electron chi connectivity index (χ2n) is 10.7. The number of imide groups is 1. The third-order valence-electron chi connectivity index (χ3n) is 5.15. The fourth-order valence-electron chi connectivity index (χ4n) is 4.16. The van der Waals surface area contributed by atoms with Gasteiger partial charge in [0.05, 0.1) is 12.6 Å². The first-order valence-corrected chi connectivity index (χ1v) is 14.4. The van der Waals surface area contributed by atoms with Crippen LogP contribution < -0.4 is 0 Å². The zero-order valence-corrected chi connectivity index (χ0v) is 21.3. The lowest BCUT2D eigenvalue weighted by Gasteiger charge is -2.48. The number of ether oxygens (including phenoxy) is 3. The second kappa shape index (κ2) is 8.41. The standard InChI is InChI=1S/C24H35NO6Si/c1-22(2,3)30-21(27)25-18(14-15-20(25)26)24(31-32(6,7)8,17-12-10-9-11-13-17)19-16-28-23(4,5)29-19/h9-15,18-19H,16H2,1-8H3/t18-,19-,24-/m1/s1. The van der Waals surface area contributed by atoms with Crippen LogP contribution in [0.15, 0.2) is 42.5 Å². The molecule has 1 aromatic rings. The first-order chi connectivity index (χ1) is 14.6. The van der Waals surface area contributed by atoms with E-state index in [1.165, 1.54) is 6.08 Å². The molecule has 0 N–H and O–H groups in total. The molecular formula is C24H35NO6Si. The molecule has 0 saturated carbocycles. The Hall–Kier alpha value is -2.00. The Balaban J connectivity index is 2.19. The van der Waals surface area contributed by atoms with E-state index in [1.54, 1.807) is 26.8 Å². The van der Waals surface area contributed by atoms with Crippen molar-refractivity contribution >= 4 is 20.3 Å². The van der Waals surface area contributed by atoms with Gasteiger partial charge in [-0.15, -0.1) is 0 Å². The number of hydrogen-bond acceptors (Lipinski definition) is 6. The van der Waals surface area contributed by atoms with Crippen molar-refractivity contribution in [2.75, 3.05) is 6.61 Å². The molecule has 2 amide bonds. The Morgan fingerprint density at radius 2 is 1.78 bits per heavy atom. The van der Waals surface area contributed by atoms with Gasteiger partial charge < -0.3 is 18.6 Å². The van der Waals surface area contributed by atoms with Crippen LogP contribution in [0.3, 0.4) is 0 Å². The number of rotatable bonds is 5. The average molecular weight is 462 g/mol. The zero-order chi connectivity index (χ0) is 23.9. The van der Waals surface area contributed by atoms with E-state index in [0.29, 0.717) is 0 Å². The minimum Gasteiger partial charge on any atom is -0.443 e. The van der Waals surface area contributed by atoms with Crippen LogP contribution in [0.1, 0.15) is 40.2 Å². The molecule has 2 aliphatic rings. The van der Waals surface area contributed by atoms with E-state index in [4.69, 9.17) is 18.6 Å². The summed E-state index contributed by atoms with van der Waals surface area (Å²) in [5, 5.41) is 0. The molecule has 3 atom stereocenters. The molecule has 0 spiro atoms. The predicted octanol–water partition coefficient (Wildman–Crippen LogP) is 4.59. The Labute approximate surface area is 191 Å². The summed E-state index contributed by atoms with van der Waals surface area (Å²) in [5.74, 6) is -1.27. The van der Waals surface area contributed by atoms with Crippen LogP contribution in [0.25, 0.3) is 0 Å². The Bertz CT molecular complexity index is 886. The van der Waals surface area contributed by atoms with Crippen LogP contribution >= 0.6 is 0 Å². The van der Waals surface area contributed by atoms with E-state index >= 15 is 0 Å². The molecule has 0 aromatic heterocycles. The maximum atomic E-state index is 13.2. The van der Waals surface area contributed by atoms with E-state index in [1.807, 2.05) is 44.2 Å². The maximum Gasteiger partial charge on any atom is 0.417 e. The molecule has 0 radical (unpaired) electrons. The van der Waals surface area contributed by atoms with Crippen molar-refractivity contribution in [3.8, 4) is 0 Å². The van der Waals surface area contributed by atoms with Gasteiger partial charge in [0.15, 0.2) is 14.1 Å². The third-order valence-corrected chi connectivity index (χ3v) is 6.10. The van der Waals surface area contributed by atoms with Crippen LogP contribution in [0, 0.1) is 0 Å². The summed E-state index contributed by atoms with van der Waals surface area (Å²) in [5.41, 5.74) is -1.11. The lowest BCUT2D eigenvalue weighted by Crippen LogP contribution is -2.62. The quantitative estimate of drug-likeness (QED) is 0.597. The highest BCUT2D eigenvalue weighted by atomic mass is 28.4. The van der Waals surface area contributed by atoms with Crippen LogP contribution in [0.4, 0.5) is 4.79 Å². The molecule has 32 heavy (non-hydrogen) atoms. The molecule has 0 aliphatic carbocycles. The first kappa shape index (κ1) is 24.6. The number of carbonyl (C=O) groups excluding carboxylic acids is 2. The molecule has 3 rings (SSSR count). The van der Waals surface area contributed by atoms with Crippen molar-refractivity contribution in [1.82, 2.24) is 4.90 Å². The summed E-state index contributed by atoms with van der Waals surface area (Å²) in [6.45, 7) is 15.5. The van der Waals surface area contributed by atoms with Gasteiger partial charge in [-0.3, -0.25) is 4.79 Å². The smallest absolute Gasteiger partial charge is 0.417 e. The highest BCUT2D eigenvalue weighted by Crippen LogP contribution is 2.46. The van der Waals surface area contributed by atoms with Crippen LogP contribution in [0.5, 0.6) is 0 Å². The Kier molecular flexibility index (Phi) is 6.47. The number of benzene rings is 1. The third kappa shape index (κ3) is 5.14. The van der Waals surface area contributed by atoms with Gasteiger partial charge in [0.2, 0.25) is 0 Å². The van der Waals surface area contributed by atoms with E-state index in [0.717, 1.165) is 10.5 Å². The van der Waals surface area contributed by atoms with Gasteiger partial charge in [-0.05, 0) is 59.8 Å². The molecule has 1 aromatic carbocycles. The van der Waals surface area contributed by atoms with Gasteiger partial charge in [-0.1, -0.05) is 36.4 Å². The van der Waals surface area contributed by atoms with Gasteiger partial charge in [-0.25, -0.2) is 9.69 Å². The lowest BCUT2D eigenvalue weighted by molar-refractivity contribution is -0.178. The maximum absolute atomic E-state index is 13.2. The number of hydrogen-bond donors (Lipinski definition) is 0. The van der Waals surface area contributed by atoms with E-state index in [2.05, 4.69) is 19.6 Å². The molecule has 1 fully saturated rings. The van der Waals surface area contributed by atoms with Crippen molar-refractivity contribution in [3.05, 3.63) is 48.0 Å². The summed E-state index contributed by atoms with van der Waals surface area (Å²) < 4.78 is 24.8. The van der Waals surface area contributed by atoms with Crippen molar-refractivity contribution < 1.29 is 28.2 Å². The molecule has 176 valence electrons. The SMILES string of the molecule is CC(C)(C)OC(=O)N1C(=O)C=C[C@@H]1[C@](O[Si](C)(C)C)(c1ccccc1)[C@H]1COC(C)(C)O1. The van der Waals surface area contributed by atoms with Crippen LogP contribution in [0.2, 0.25) is 19.6 Å². The summed E-state index contributed by atoms with van der Waals surface area (Å²) in [4.78, 5) is 27.3. The van der Waals surface area contributed by atoms with Gasteiger partial charge in [0.25, 0.3) is 5.91 Å². The predicted molar refractivity (Wildman–Crippen MR) is 123 cm³/mol. The van der Waals surface area contributed by atoms with Gasteiger partial charge >= 0.3 is 6.09 Å². The number of carbonyl (C=O) groups is 2. The summed E-state index contributed by atoms with van der Waals surface area (Å²) in [6, 6.07) is 8.87. The zero-order valence-electron chi connectivity index (χ0n) is 20.3. The molecule has 2 aliphatic heterocycles. The van der Waals surface area contributed by atoms with Gasteiger partial charge in [0.1, 0.15) is 17.3 Å². The van der Waals surface area contributed by atoms with E-state index in [-0.39, 0.29) is 6.61 Å². The topological polar surface area (TPSA) is 74.3 Å². The monoisotopic (exact) mass is 461 g/mol. The summed E-state index contributed by atoms with van der Waals surface area (Å²) in [6.07, 6.45) is 1.85. The molecule has 2 heterocycles. The Morgan fingerprint density at radius 1 is 1.16 bits per heavy atom.